The van der Waals surface area contributed by atoms with Crippen molar-refractivity contribution in [1.82, 2.24) is 4.90 Å². The highest BCUT2D eigenvalue weighted by atomic mass is 32.1. The molecule has 1 aromatic carbocycles. The fraction of sp³-hybridized carbons (Fsp3) is 0.214. The zero-order valence-electron chi connectivity index (χ0n) is 10.1. The highest BCUT2D eigenvalue weighted by Crippen LogP contribution is 2.13. The Bertz CT molecular complexity index is 524. The lowest BCUT2D eigenvalue weighted by Gasteiger charge is -2.17. The fourth-order valence-corrected chi connectivity index (χ4v) is 2.36. The molecule has 1 heterocycles. The van der Waals surface area contributed by atoms with Crippen LogP contribution in [0.15, 0.2) is 41.8 Å². The van der Waals surface area contributed by atoms with Crippen LogP contribution in [0.5, 0.6) is 0 Å². The molecule has 18 heavy (non-hydrogen) atoms. The zero-order valence-corrected chi connectivity index (χ0v) is 10.9. The number of hydrogen-bond acceptors (Lipinski definition) is 2. The molecule has 4 heteroatoms. The topological polar surface area (TPSA) is 20.3 Å². The van der Waals surface area contributed by atoms with Crippen molar-refractivity contribution in [2.24, 2.45) is 0 Å². The summed E-state index contributed by atoms with van der Waals surface area (Å²) in [5, 5.41) is 1.94. The van der Waals surface area contributed by atoms with Gasteiger partial charge in [0.05, 0.1) is 6.42 Å². The second-order valence-electron chi connectivity index (χ2n) is 4.10. The number of carbonyl (C=O) groups is 1. The van der Waals surface area contributed by atoms with Gasteiger partial charge in [0, 0.05) is 24.0 Å². The zero-order chi connectivity index (χ0) is 13.0. The number of thiophene rings is 1. The van der Waals surface area contributed by atoms with Crippen LogP contribution in [-0.2, 0) is 17.8 Å². The van der Waals surface area contributed by atoms with E-state index in [-0.39, 0.29) is 11.7 Å². The molecule has 0 N–H and O–H groups in total. The summed E-state index contributed by atoms with van der Waals surface area (Å²) in [5.74, 6) is -0.269. The molecule has 1 aromatic heterocycles. The molecule has 0 bridgehead atoms. The molecule has 0 radical (unpaired) electrons. The Morgan fingerprint density at radius 3 is 2.72 bits per heavy atom. The third kappa shape index (κ3) is 3.17. The van der Waals surface area contributed by atoms with Gasteiger partial charge in [-0.25, -0.2) is 4.39 Å². The van der Waals surface area contributed by atoms with Crippen LogP contribution in [0.4, 0.5) is 4.39 Å². The number of benzene rings is 1. The Hall–Kier alpha value is -1.68. The molecule has 0 aliphatic carbocycles. The number of likely N-dealkylation sites (N-methyl/N-ethyl adjacent to an activating group) is 1. The molecule has 1 amide bonds. The Morgan fingerprint density at radius 1 is 1.28 bits per heavy atom. The van der Waals surface area contributed by atoms with Crippen LogP contribution >= 0.6 is 11.3 Å². The molecular formula is C14H14FNOS. The number of rotatable bonds is 4. The van der Waals surface area contributed by atoms with E-state index < -0.39 is 0 Å². The van der Waals surface area contributed by atoms with E-state index in [0.717, 1.165) is 4.88 Å². The quantitative estimate of drug-likeness (QED) is 0.830. The van der Waals surface area contributed by atoms with Gasteiger partial charge in [0.2, 0.25) is 5.91 Å². The summed E-state index contributed by atoms with van der Waals surface area (Å²) in [4.78, 5) is 14.5. The summed E-state index contributed by atoms with van der Waals surface area (Å²) in [7, 11) is 1.70. The van der Waals surface area contributed by atoms with Gasteiger partial charge in [-0.3, -0.25) is 4.79 Å². The van der Waals surface area contributed by atoms with E-state index >= 15 is 0 Å². The van der Waals surface area contributed by atoms with Crippen molar-refractivity contribution in [3.63, 3.8) is 0 Å². The molecule has 2 rings (SSSR count). The Kier molecular flexibility index (Phi) is 4.10. The second-order valence-corrected chi connectivity index (χ2v) is 5.13. The SMILES string of the molecule is CN(Cc1ccccc1F)C(=O)Cc1cccs1. The van der Waals surface area contributed by atoms with Crippen molar-refractivity contribution in [3.05, 3.63) is 58.0 Å². The summed E-state index contributed by atoms with van der Waals surface area (Å²) in [6.45, 7) is 0.302. The van der Waals surface area contributed by atoms with Gasteiger partial charge in [-0.05, 0) is 17.5 Å². The first-order valence-corrected chi connectivity index (χ1v) is 6.54. The van der Waals surface area contributed by atoms with Crippen LogP contribution in [-0.4, -0.2) is 17.9 Å². The van der Waals surface area contributed by atoms with Crippen molar-refractivity contribution in [2.45, 2.75) is 13.0 Å². The highest BCUT2D eigenvalue weighted by Gasteiger charge is 2.12. The van der Waals surface area contributed by atoms with E-state index in [0.29, 0.717) is 18.5 Å². The maximum atomic E-state index is 13.5. The van der Waals surface area contributed by atoms with Gasteiger partial charge in [0.25, 0.3) is 0 Å². The summed E-state index contributed by atoms with van der Waals surface area (Å²) >= 11 is 1.56. The molecule has 94 valence electrons. The van der Waals surface area contributed by atoms with Crippen LogP contribution in [0, 0.1) is 5.82 Å². The highest BCUT2D eigenvalue weighted by molar-refractivity contribution is 7.10. The van der Waals surface area contributed by atoms with Gasteiger partial charge >= 0.3 is 0 Å². The first kappa shape index (κ1) is 12.8. The monoisotopic (exact) mass is 263 g/mol. The smallest absolute Gasteiger partial charge is 0.227 e. The van der Waals surface area contributed by atoms with Gasteiger partial charge in [-0.1, -0.05) is 24.3 Å². The van der Waals surface area contributed by atoms with E-state index in [4.69, 9.17) is 0 Å². The molecule has 2 aromatic rings. The number of carbonyl (C=O) groups excluding carboxylic acids is 1. The number of hydrogen-bond donors (Lipinski definition) is 0. The second kappa shape index (κ2) is 5.78. The Labute approximate surface area is 110 Å². The largest absolute Gasteiger partial charge is 0.341 e. The third-order valence-corrected chi connectivity index (χ3v) is 3.57. The molecule has 0 saturated heterocycles. The van der Waals surface area contributed by atoms with Gasteiger partial charge in [0.15, 0.2) is 0 Å². The minimum absolute atomic E-state index is 0.000651. The summed E-state index contributed by atoms with van der Waals surface area (Å²) in [6, 6.07) is 10.4. The van der Waals surface area contributed by atoms with Gasteiger partial charge < -0.3 is 4.90 Å². The molecular weight excluding hydrogens is 249 g/mol. The van der Waals surface area contributed by atoms with Crippen molar-refractivity contribution < 1.29 is 9.18 Å². The van der Waals surface area contributed by atoms with Gasteiger partial charge in [0.1, 0.15) is 5.82 Å². The third-order valence-electron chi connectivity index (χ3n) is 2.70. The minimum atomic E-state index is -0.270. The van der Waals surface area contributed by atoms with Gasteiger partial charge in [-0.15, -0.1) is 11.3 Å². The summed E-state index contributed by atoms with van der Waals surface area (Å²) in [5.41, 5.74) is 0.541. The van der Waals surface area contributed by atoms with Crippen LogP contribution in [0.3, 0.4) is 0 Å². The molecule has 0 atom stereocenters. The normalized spacial score (nSPS) is 10.3. The van der Waals surface area contributed by atoms with Crippen LogP contribution in [0.25, 0.3) is 0 Å². The first-order valence-electron chi connectivity index (χ1n) is 5.66. The van der Waals surface area contributed by atoms with Crippen molar-refractivity contribution in [1.29, 1.82) is 0 Å². The predicted octanol–water partition coefficient (Wildman–Crippen LogP) is 3.09. The lowest BCUT2D eigenvalue weighted by atomic mass is 10.2. The number of amides is 1. The molecule has 0 aliphatic rings. The summed E-state index contributed by atoms with van der Waals surface area (Å²) in [6.07, 6.45) is 0.378. The Balaban J connectivity index is 1.97. The molecule has 0 aliphatic heterocycles. The molecule has 0 saturated carbocycles. The number of halogens is 1. The van der Waals surface area contributed by atoms with Crippen molar-refractivity contribution in [2.75, 3.05) is 7.05 Å². The first-order chi connectivity index (χ1) is 8.66. The van der Waals surface area contributed by atoms with E-state index in [1.54, 1.807) is 41.5 Å². The van der Waals surface area contributed by atoms with E-state index in [2.05, 4.69) is 0 Å². The fourth-order valence-electron chi connectivity index (χ4n) is 1.67. The van der Waals surface area contributed by atoms with Crippen molar-refractivity contribution in [3.8, 4) is 0 Å². The lowest BCUT2D eigenvalue weighted by molar-refractivity contribution is -0.129. The minimum Gasteiger partial charge on any atom is -0.341 e. The van der Waals surface area contributed by atoms with E-state index in [1.807, 2.05) is 17.5 Å². The maximum absolute atomic E-state index is 13.5. The maximum Gasteiger partial charge on any atom is 0.227 e. The molecule has 0 spiro atoms. The predicted molar refractivity (Wildman–Crippen MR) is 70.9 cm³/mol. The molecule has 0 unspecified atom stereocenters. The molecule has 2 nitrogen and oxygen atoms in total. The van der Waals surface area contributed by atoms with Crippen LogP contribution < -0.4 is 0 Å². The standard InChI is InChI=1S/C14H14FNOS/c1-16(10-11-5-2-3-7-13(11)15)14(17)9-12-6-4-8-18-12/h2-8H,9-10H2,1H3. The van der Waals surface area contributed by atoms with Gasteiger partial charge in [-0.2, -0.15) is 0 Å². The average Bonchev–Trinajstić information content (AvgIpc) is 2.84. The van der Waals surface area contributed by atoms with E-state index in [1.165, 1.54) is 6.07 Å². The van der Waals surface area contributed by atoms with Crippen molar-refractivity contribution >= 4 is 17.2 Å². The Morgan fingerprint density at radius 2 is 2.06 bits per heavy atom. The van der Waals surface area contributed by atoms with E-state index in [9.17, 15) is 9.18 Å². The number of nitrogens with zero attached hydrogens (tertiary/aromatic N) is 1. The molecule has 0 fully saturated rings. The van der Waals surface area contributed by atoms with Crippen LogP contribution in [0.2, 0.25) is 0 Å². The van der Waals surface area contributed by atoms with Crippen LogP contribution in [0.1, 0.15) is 10.4 Å². The lowest BCUT2D eigenvalue weighted by Crippen LogP contribution is -2.27. The average molecular weight is 263 g/mol. The summed E-state index contributed by atoms with van der Waals surface area (Å²) < 4.78 is 13.5.